The van der Waals surface area contributed by atoms with Crippen molar-refractivity contribution in [3.63, 3.8) is 0 Å². The van der Waals surface area contributed by atoms with Crippen molar-refractivity contribution >= 4 is 0 Å². The molecule has 1 N–H and O–H groups in total. The molecule has 0 fully saturated rings. The Morgan fingerprint density at radius 1 is 1.30 bits per heavy atom. The zero-order chi connectivity index (χ0) is 14.5. The molecule has 0 bridgehead atoms. The zero-order valence-electron chi connectivity index (χ0n) is 12.1. The van der Waals surface area contributed by atoms with Gasteiger partial charge in [-0.25, -0.2) is 9.97 Å². The molecular formula is C15H20N4O. The summed E-state index contributed by atoms with van der Waals surface area (Å²) in [5, 5.41) is 9.16. The largest absolute Gasteiger partial charge is 0.388 e. The molecule has 0 saturated carbocycles. The minimum atomic E-state index is -0.131. The van der Waals surface area contributed by atoms with E-state index in [1.54, 1.807) is 6.20 Å². The number of nitrogens with zero attached hydrogens (tertiary/aromatic N) is 4. The van der Waals surface area contributed by atoms with E-state index in [2.05, 4.69) is 26.8 Å². The van der Waals surface area contributed by atoms with Gasteiger partial charge in [-0.15, -0.1) is 0 Å². The van der Waals surface area contributed by atoms with Crippen LogP contribution < -0.4 is 0 Å². The van der Waals surface area contributed by atoms with Gasteiger partial charge in [-0.3, -0.25) is 9.88 Å². The van der Waals surface area contributed by atoms with Gasteiger partial charge >= 0.3 is 0 Å². The lowest BCUT2D eigenvalue weighted by molar-refractivity contribution is 0.242. The predicted octanol–water partition coefficient (Wildman–Crippen LogP) is 1.87. The number of aromatic nitrogens is 3. The molecule has 2 heterocycles. The summed E-state index contributed by atoms with van der Waals surface area (Å²) >= 11 is 0. The highest BCUT2D eigenvalue weighted by atomic mass is 16.3. The first-order chi connectivity index (χ1) is 9.60. The zero-order valence-corrected chi connectivity index (χ0v) is 12.1. The van der Waals surface area contributed by atoms with Gasteiger partial charge in [0.2, 0.25) is 0 Å². The second kappa shape index (κ2) is 6.54. The normalized spacial score (nSPS) is 12.7. The number of rotatable bonds is 5. The molecule has 0 unspecified atom stereocenters. The third-order valence-corrected chi connectivity index (χ3v) is 3.28. The summed E-state index contributed by atoms with van der Waals surface area (Å²) in [6.45, 7) is 4.58. The minimum absolute atomic E-state index is 0.131. The highest BCUT2D eigenvalue weighted by Crippen LogP contribution is 2.18. The lowest BCUT2D eigenvalue weighted by atomic mass is 10.2. The molecule has 5 nitrogen and oxygen atoms in total. The number of pyridine rings is 1. The second-order valence-electron chi connectivity index (χ2n) is 4.92. The molecule has 0 aromatic carbocycles. The Morgan fingerprint density at radius 2 is 2.10 bits per heavy atom. The smallest absolute Gasteiger partial charge is 0.154 e. The first kappa shape index (κ1) is 14.6. The van der Waals surface area contributed by atoms with Gasteiger partial charge < -0.3 is 5.11 Å². The van der Waals surface area contributed by atoms with Crippen LogP contribution in [0.3, 0.4) is 0 Å². The molecule has 5 heteroatoms. The van der Waals surface area contributed by atoms with Crippen LogP contribution in [0, 0.1) is 6.92 Å². The Balaban J connectivity index is 2.11. The highest BCUT2D eigenvalue weighted by molar-refractivity contribution is 5.12. The van der Waals surface area contributed by atoms with Crippen LogP contribution in [0.2, 0.25) is 0 Å². The van der Waals surface area contributed by atoms with E-state index in [9.17, 15) is 0 Å². The lowest BCUT2D eigenvalue weighted by Crippen LogP contribution is -2.23. The van der Waals surface area contributed by atoms with Crippen LogP contribution >= 0.6 is 0 Å². The van der Waals surface area contributed by atoms with Crippen molar-refractivity contribution in [3.05, 3.63) is 53.4 Å². The summed E-state index contributed by atoms with van der Waals surface area (Å²) in [4.78, 5) is 15.1. The van der Waals surface area contributed by atoms with E-state index in [1.165, 1.54) is 0 Å². The molecule has 2 aromatic heterocycles. The fourth-order valence-electron chi connectivity index (χ4n) is 2.09. The van der Waals surface area contributed by atoms with Crippen molar-refractivity contribution in [1.82, 2.24) is 19.9 Å². The second-order valence-corrected chi connectivity index (χ2v) is 4.92. The van der Waals surface area contributed by atoms with Crippen LogP contribution in [0.5, 0.6) is 0 Å². The molecule has 0 amide bonds. The molecule has 0 aliphatic rings. The van der Waals surface area contributed by atoms with Crippen LogP contribution in [-0.4, -0.2) is 32.0 Å². The fourth-order valence-corrected chi connectivity index (χ4v) is 2.09. The van der Waals surface area contributed by atoms with E-state index < -0.39 is 0 Å². The molecule has 2 aromatic rings. The van der Waals surface area contributed by atoms with Crippen LogP contribution in [0.25, 0.3) is 0 Å². The number of aryl methyl sites for hydroxylation is 1. The predicted molar refractivity (Wildman–Crippen MR) is 76.8 cm³/mol. The van der Waals surface area contributed by atoms with E-state index in [0.717, 1.165) is 17.1 Å². The van der Waals surface area contributed by atoms with Gasteiger partial charge in [0.05, 0.1) is 11.4 Å². The number of aliphatic hydroxyl groups excluding tert-OH is 1. The third kappa shape index (κ3) is 3.59. The van der Waals surface area contributed by atoms with Crippen LogP contribution in [0.1, 0.15) is 35.9 Å². The Bertz CT molecular complexity index is 559. The molecule has 0 aliphatic heterocycles. The van der Waals surface area contributed by atoms with Crippen molar-refractivity contribution < 1.29 is 5.11 Å². The van der Waals surface area contributed by atoms with E-state index in [4.69, 9.17) is 5.11 Å². The first-order valence-corrected chi connectivity index (χ1v) is 6.65. The Kier molecular flexibility index (Phi) is 4.76. The molecular weight excluding hydrogens is 252 g/mol. The molecule has 0 saturated heterocycles. The Labute approximate surface area is 119 Å². The summed E-state index contributed by atoms with van der Waals surface area (Å²) in [6, 6.07) is 8.07. The van der Waals surface area contributed by atoms with Crippen LogP contribution in [0.15, 0.2) is 30.5 Å². The monoisotopic (exact) mass is 272 g/mol. The van der Waals surface area contributed by atoms with Gasteiger partial charge in [0.15, 0.2) is 5.82 Å². The van der Waals surface area contributed by atoms with Crippen molar-refractivity contribution in [2.24, 2.45) is 0 Å². The van der Waals surface area contributed by atoms with Gasteiger partial charge in [-0.05, 0) is 39.1 Å². The quantitative estimate of drug-likeness (QED) is 0.900. The summed E-state index contributed by atoms with van der Waals surface area (Å²) in [6.07, 6.45) is 1.80. The number of aliphatic hydroxyl groups is 1. The summed E-state index contributed by atoms with van der Waals surface area (Å²) in [5.74, 6) is 0.471. The topological polar surface area (TPSA) is 62.1 Å². The van der Waals surface area contributed by atoms with E-state index in [-0.39, 0.29) is 12.6 Å². The average molecular weight is 272 g/mol. The summed E-state index contributed by atoms with van der Waals surface area (Å²) in [5.41, 5.74) is 2.81. The maximum atomic E-state index is 9.16. The highest BCUT2D eigenvalue weighted by Gasteiger charge is 2.14. The van der Waals surface area contributed by atoms with Gasteiger partial charge in [0, 0.05) is 24.5 Å². The molecule has 2 rings (SSSR count). The molecule has 0 radical (unpaired) electrons. The van der Waals surface area contributed by atoms with E-state index >= 15 is 0 Å². The van der Waals surface area contributed by atoms with Crippen molar-refractivity contribution in [1.29, 1.82) is 0 Å². The van der Waals surface area contributed by atoms with Gasteiger partial charge in [0.25, 0.3) is 0 Å². The van der Waals surface area contributed by atoms with Crippen molar-refractivity contribution in [2.75, 3.05) is 7.05 Å². The maximum absolute atomic E-state index is 9.16. The summed E-state index contributed by atoms with van der Waals surface area (Å²) in [7, 11) is 2.04. The molecule has 0 aliphatic carbocycles. The number of hydrogen-bond acceptors (Lipinski definition) is 5. The van der Waals surface area contributed by atoms with Crippen molar-refractivity contribution in [2.45, 2.75) is 33.0 Å². The minimum Gasteiger partial charge on any atom is -0.388 e. The standard InChI is InChI=1S/C15H20N4O/c1-11-8-13(18-15(10-20)17-11)9-19(3)12(2)14-6-4-5-7-16-14/h4-8,12,20H,9-10H2,1-3H3/t12-/m0/s1. The lowest BCUT2D eigenvalue weighted by Gasteiger charge is -2.24. The first-order valence-electron chi connectivity index (χ1n) is 6.65. The number of hydrogen-bond donors (Lipinski definition) is 1. The maximum Gasteiger partial charge on any atom is 0.154 e. The SMILES string of the molecule is Cc1cc(CN(C)[C@@H](C)c2ccccn2)nc(CO)n1. The van der Waals surface area contributed by atoms with Crippen LogP contribution in [-0.2, 0) is 13.2 Å². The summed E-state index contributed by atoms with van der Waals surface area (Å²) < 4.78 is 0. The van der Waals surface area contributed by atoms with Gasteiger partial charge in [-0.1, -0.05) is 6.07 Å². The third-order valence-electron chi connectivity index (χ3n) is 3.28. The Morgan fingerprint density at radius 3 is 2.75 bits per heavy atom. The Hall–Kier alpha value is -1.85. The van der Waals surface area contributed by atoms with E-state index in [0.29, 0.717) is 12.4 Å². The van der Waals surface area contributed by atoms with Gasteiger partial charge in [-0.2, -0.15) is 0 Å². The molecule has 1 atom stereocenters. The van der Waals surface area contributed by atoms with Gasteiger partial charge in [0.1, 0.15) is 6.61 Å². The molecule has 20 heavy (non-hydrogen) atoms. The van der Waals surface area contributed by atoms with Crippen molar-refractivity contribution in [3.8, 4) is 0 Å². The fraction of sp³-hybridized carbons (Fsp3) is 0.400. The molecule has 0 spiro atoms. The average Bonchev–Trinajstić information content (AvgIpc) is 2.46. The van der Waals surface area contributed by atoms with E-state index in [1.807, 2.05) is 38.2 Å². The molecule has 106 valence electrons. The van der Waals surface area contributed by atoms with Crippen LogP contribution in [0.4, 0.5) is 0 Å².